The van der Waals surface area contributed by atoms with Gasteiger partial charge in [0.1, 0.15) is 18.3 Å². The van der Waals surface area contributed by atoms with E-state index in [1.807, 2.05) is 0 Å². The Morgan fingerprint density at radius 2 is 1.78 bits per heavy atom. The average molecular weight is 330 g/mol. The summed E-state index contributed by atoms with van der Waals surface area (Å²) in [5.41, 5.74) is 0.0160. The molecule has 7 heteroatoms. The zero-order valence-corrected chi connectivity index (χ0v) is 13.7. The lowest BCUT2D eigenvalue weighted by atomic mass is 9.70. The van der Waals surface area contributed by atoms with Crippen LogP contribution in [-0.4, -0.2) is 63.2 Å². The Morgan fingerprint density at radius 3 is 2.26 bits per heavy atom. The second-order valence-corrected chi connectivity index (χ2v) is 7.97. The van der Waals surface area contributed by atoms with Crippen LogP contribution in [0, 0.1) is 16.7 Å². The molecule has 0 amide bonds. The van der Waals surface area contributed by atoms with Crippen LogP contribution in [0.2, 0.25) is 0 Å². The molecule has 1 heterocycles. The summed E-state index contributed by atoms with van der Waals surface area (Å²) in [5, 5.41) is 38.8. The summed E-state index contributed by atoms with van der Waals surface area (Å²) in [6, 6.07) is 0. The van der Waals surface area contributed by atoms with Gasteiger partial charge in [-0.15, -0.1) is 0 Å². The van der Waals surface area contributed by atoms with Crippen LogP contribution < -0.4 is 0 Å². The molecular formula is C16H26O7. The third kappa shape index (κ3) is 2.33. The molecule has 0 aromatic heterocycles. The smallest absolute Gasteiger partial charge is 0.335 e. The van der Waals surface area contributed by atoms with Gasteiger partial charge in [-0.1, -0.05) is 20.8 Å². The standard InChI is InChI=1S/C16H26O7/c1-15(2)7-4-5-16(15,3)8(6-7)22-14-11(19)9(17)10(18)12(23-14)13(20)21/h7-12,14,17-19H,4-6H2,1-3H3,(H,20,21)/t7-,8-,9-,10+,11-,12-,14-,16+/m1/s1. The highest BCUT2D eigenvalue weighted by atomic mass is 16.7. The molecule has 132 valence electrons. The van der Waals surface area contributed by atoms with Gasteiger partial charge in [-0.25, -0.2) is 4.79 Å². The van der Waals surface area contributed by atoms with Crippen molar-refractivity contribution >= 4 is 5.97 Å². The van der Waals surface area contributed by atoms with Crippen LogP contribution in [0.3, 0.4) is 0 Å². The topological polar surface area (TPSA) is 116 Å². The lowest BCUT2D eigenvalue weighted by Gasteiger charge is -2.44. The predicted octanol–water partition coefficient (Wildman–Crippen LogP) is 0.110. The monoisotopic (exact) mass is 330 g/mol. The van der Waals surface area contributed by atoms with Crippen LogP contribution in [0.5, 0.6) is 0 Å². The van der Waals surface area contributed by atoms with Crippen LogP contribution in [-0.2, 0) is 14.3 Å². The van der Waals surface area contributed by atoms with Crippen molar-refractivity contribution in [3.05, 3.63) is 0 Å². The van der Waals surface area contributed by atoms with Crippen molar-refractivity contribution in [2.24, 2.45) is 16.7 Å². The number of carbonyl (C=O) groups is 1. The third-order valence-corrected chi connectivity index (χ3v) is 6.83. The van der Waals surface area contributed by atoms with Gasteiger partial charge in [0.05, 0.1) is 6.10 Å². The molecule has 1 saturated heterocycles. The Kier molecular flexibility index (Phi) is 4.01. The van der Waals surface area contributed by atoms with Crippen LogP contribution in [0.1, 0.15) is 40.0 Å². The molecule has 1 aliphatic heterocycles. The van der Waals surface area contributed by atoms with E-state index >= 15 is 0 Å². The van der Waals surface area contributed by atoms with Gasteiger partial charge < -0.3 is 29.9 Å². The fourth-order valence-corrected chi connectivity index (χ4v) is 4.66. The molecule has 0 radical (unpaired) electrons. The van der Waals surface area contributed by atoms with Gasteiger partial charge in [-0.3, -0.25) is 0 Å². The van der Waals surface area contributed by atoms with Gasteiger partial charge >= 0.3 is 5.97 Å². The van der Waals surface area contributed by atoms with E-state index in [9.17, 15) is 20.1 Å². The van der Waals surface area contributed by atoms with E-state index in [1.54, 1.807) is 0 Å². The summed E-state index contributed by atoms with van der Waals surface area (Å²) in [6.45, 7) is 6.58. The molecule has 0 spiro atoms. The molecule has 0 aromatic rings. The molecule has 0 aromatic carbocycles. The molecule has 23 heavy (non-hydrogen) atoms. The molecule has 2 saturated carbocycles. The summed E-state index contributed by atoms with van der Waals surface area (Å²) in [5.74, 6) is -0.874. The molecule has 3 aliphatic rings. The number of hydrogen-bond donors (Lipinski definition) is 4. The van der Waals surface area contributed by atoms with Gasteiger partial charge in [0.2, 0.25) is 0 Å². The van der Waals surface area contributed by atoms with Crippen LogP contribution >= 0.6 is 0 Å². The predicted molar refractivity (Wildman–Crippen MR) is 78.4 cm³/mol. The largest absolute Gasteiger partial charge is 0.479 e. The fourth-order valence-electron chi connectivity index (χ4n) is 4.66. The Hall–Kier alpha value is -0.730. The second-order valence-electron chi connectivity index (χ2n) is 7.97. The second kappa shape index (κ2) is 5.39. The SMILES string of the molecule is CC1(C)[C@@H]2CC[C@@]1(C)[C@H](O[C@@H]1O[C@@H](C(=O)O)[C@@H](O)[C@@H](O)[C@H]1O)C2. The first-order chi connectivity index (χ1) is 10.6. The van der Waals surface area contributed by atoms with Crippen molar-refractivity contribution in [3.8, 4) is 0 Å². The van der Waals surface area contributed by atoms with Crippen molar-refractivity contribution < 1.29 is 34.7 Å². The Morgan fingerprint density at radius 1 is 1.13 bits per heavy atom. The first-order valence-corrected chi connectivity index (χ1v) is 8.17. The van der Waals surface area contributed by atoms with Crippen LogP contribution in [0.4, 0.5) is 0 Å². The molecule has 2 bridgehead atoms. The van der Waals surface area contributed by atoms with Gasteiger partial charge in [0.25, 0.3) is 0 Å². The summed E-state index contributed by atoms with van der Waals surface area (Å²) in [7, 11) is 0. The third-order valence-electron chi connectivity index (χ3n) is 6.83. The van der Waals surface area contributed by atoms with Crippen molar-refractivity contribution in [2.75, 3.05) is 0 Å². The Bertz CT molecular complexity index is 493. The lowest BCUT2D eigenvalue weighted by molar-refractivity contribution is -0.312. The number of aliphatic hydroxyl groups excluding tert-OH is 3. The highest BCUT2D eigenvalue weighted by Gasteiger charge is 2.63. The Balaban J connectivity index is 1.76. The van der Waals surface area contributed by atoms with E-state index < -0.39 is 36.7 Å². The van der Waals surface area contributed by atoms with Gasteiger partial charge in [0.15, 0.2) is 12.4 Å². The van der Waals surface area contributed by atoms with Crippen molar-refractivity contribution in [2.45, 2.75) is 76.8 Å². The number of hydrogen-bond acceptors (Lipinski definition) is 6. The number of aliphatic carboxylic acids is 1. The molecule has 3 fully saturated rings. The minimum atomic E-state index is -1.69. The van der Waals surface area contributed by atoms with E-state index in [-0.39, 0.29) is 16.9 Å². The maximum Gasteiger partial charge on any atom is 0.335 e. The molecule has 2 aliphatic carbocycles. The molecule has 7 nitrogen and oxygen atoms in total. The highest BCUT2D eigenvalue weighted by Crippen LogP contribution is 2.66. The van der Waals surface area contributed by atoms with Crippen molar-refractivity contribution in [3.63, 3.8) is 0 Å². The first kappa shape index (κ1) is 17.1. The van der Waals surface area contributed by atoms with Gasteiger partial charge in [-0.05, 0) is 36.0 Å². The van der Waals surface area contributed by atoms with Crippen LogP contribution in [0.15, 0.2) is 0 Å². The van der Waals surface area contributed by atoms with Gasteiger partial charge in [-0.2, -0.15) is 0 Å². The first-order valence-electron chi connectivity index (χ1n) is 8.17. The van der Waals surface area contributed by atoms with E-state index in [1.165, 1.54) is 0 Å². The number of carboxylic acid groups (broad SMARTS) is 1. The average Bonchev–Trinajstić information content (AvgIpc) is 2.80. The number of carboxylic acids is 1. The van der Waals surface area contributed by atoms with E-state index in [2.05, 4.69) is 20.8 Å². The minimum absolute atomic E-state index is 0.0829. The number of aliphatic hydroxyl groups is 3. The van der Waals surface area contributed by atoms with Gasteiger partial charge in [0, 0.05) is 0 Å². The maximum atomic E-state index is 11.2. The fraction of sp³-hybridized carbons (Fsp3) is 0.938. The summed E-state index contributed by atoms with van der Waals surface area (Å²) in [4.78, 5) is 11.2. The minimum Gasteiger partial charge on any atom is -0.479 e. The summed E-state index contributed by atoms with van der Waals surface area (Å²) < 4.78 is 11.2. The van der Waals surface area contributed by atoms with E-state index in [0.717, 1.165) is 19.3 Å². The van der Waals surface area contributed by atoms with Crippen molar-refractivity contribution in [1.82, 2.24) is 0 Å². The van der Waals surface area contributed by atoms with E-state index in [4.69, 9.17) is 14.6 Å². The maximum absolute atomic E-state index is 11.2. The van der Waals surface area contributed by atoms with Crippen LogP contribution in [0.25, 0.3) is 0 Å². The molecule has 0 unspecified atom stereocenters. The molecule has 4 N–H and O–H groups in total. The Labute approximate surface area is 135 Å². The highest BCUT2D eigenvalue weighted by molar-refractivity contribution is 5.73. The summed E-state index contributed by atoms with van der Waals surface area (Å²) in [6.07, 6.45) is -4.86. The molecule has 3 rings (SSSR count). The zero-order valence-electron chi connectivity index (χ0n) is 13.7. The normalized spacial score (nSPS) is 51.8. The van der Waals surface area contributed by atoms with E-state index in [0.29, 0.717) is 5.92 Å². The molecular weight excluding hydrogens is 304 g/mol. The number of rotatable bonds is 3. The quantitative estimate of drug-likeness (QED) is 0.580. The van der Waals surface area contributed by atoms with Crippen molar-refractivity contribution in [1.29, 1.82) is 0 Å². The number of fused-ring (bicyclic) bond motifs is 2. The summed E-state index contributed by atoms with van der Waals surface area (Å²) >= 11 is 0. The lowest BCUT2D eigenvalue weighted by Crippen LogP contribution is -2.61. The zero-order chi connectivity index (χ0) is 17.2. The molecule has 8 atom stereocenters. The number of ether oxygens (including phenoxy) is 2.